The molecular formula is C12H17N3O. The molecule has 0 unspecified atom stereocenters. The monoisotopic (exact) mass is 219 g/mol. The standard InChI is InChI=1S/C12H17N3O/c1-14(11-4-2-6-13-10-11)8-9-15-7-3-5-12(15)16/h2,4,6,10H,3,5,7-9H2,1H3. The zero-order chi connectivity index (χ0) is 11.4. The molecule has 0 N–H and O–H groups in total. The Kier molecular flexibility index (Phi) is 3.39. The Labute approximate surface area is 95.9 Å². The van der Waals surface area contributed by atoms with Crippen molar-refractivity contribution in [2.45, 2.75) is 12.8 Å². The zero-order valence-corrected chi connectivity index (χ0v) is 9.59. The summed E-state index contributed by atoms with van der Waals surface area (Å²) in [5.41, 5.74) is 1.09. The SMILES string of the molecule is CN(CCN1CCCC1=O)c1cccnc1. The Bertz CT molecular complexity index is 353. The largest absolute Gasteiger partial charge is 0.372 e. The lowest BCUT2D eigenvalue weighted by molar-refractivity contribution is -0.127. The van der Waals surface area contributed by atoms with E-state index >= 15 is 0 Å². The van der Waals surface area contributed by atoms with Gasteiger partial charge in [0.25, 0.3) is 0 Å². The van der Waals surface area contributed by atoms with Crippen molar-refractivity contribution in [1.29, 1.82) is 0 Å². The van der Waals surface area contributed by atoms with E-state index in [4.69, 9.17) is 0 Å². The Morgan fingerprint density at radius 3 is 3.06 bits per heavy atom. The molecule has 0 saturated carbocycles. The topological polar surface area (TPSA) is 36.4 Å². The second-order valence-electron chi connectivity index (χ2n) is 4.12. The van der Waals surface area contributed by atoms with E-state index in [0.717, 1.165) is 38.2 Å². The summed E-state index contributed by atoms with van der Waals surface area (Å²) in [6, 6.07) is 3.95. The quantitative estimate of drug-likeness (QED) is 0.762. The molecule has 1 aromatic heterocycles. The molecule has 2 heterocycles. The third kappa shape index (κ3) is 2.51. The predicted molar refractivity (Wildman–Crippen MR) is 63.3 cm³/mol. The highest BCUT2D eigenvalue weighted by Crippen LogP contribution is 2.12. The minimum atomic E-state index is 0.291. The molecule has 0 spiro atoms. The van der Waals surface area contributed by atoms with Gasteiger partial charge < -0.3 is 9.80 Å². The fourth-order valence-electron chi connectivity index (χ4n) is 1.92. The summed E-state index contributed by atoms with van der Waals surface area (Å²) >= 11 is 0. The Hall–Kier alpha value is -1.58. The molecule has 1 aliphatic rings. The molecule has 0 aromatic carbocycles. The highest BCUT2D eigenvalue weighted by atomic mass is 16.2. The maximum Gasteiger partial charge on any atom is 0.222 e. The van der Waals surface area contributed by atoms with Crippen molar-refractivity contribution >= 4 is 11.6 Å². The first kappa shape index (κ1) is 10.9. The summed E-state index contributed by atoms with van der Waals surface area (Å²) in [6.45, 7) is 2.58. The number of likely N-dealkylation sites (tertiary alicyclic amines) is 1. The first-order valence-electron chi connectivity index (χ1n) is 5.66. The van der Waals surface area contributed by atoms with Gasteiger partial charge in [-0.3, -0.25) is 9.78 Å². The number of nitrogens with zero attached hydrogens (tertiary/aromatic N) is 3. The third-order valence-electron chi connectivity index (χ3n) is 2.96. The van der Waals surface area contributed by atoms with E-state index in [0.29, 0.717) is 5.91 Å². The summed E-state index contributed by atoms with van der Waals surface area (Å²) in [6.07, 6.45) is 5.33. The van der Waals surface area contributed by atoms with Crippen molar-refractivity contribution in [1.82, 2.24) is 9.88 Å². The van der Waals surface area contributed by atoms with Crippen molar-refractivity contribution in [2.75, 3.05) is 31.6 Å². The van der Waals surface area contributed by atoms with Gasteiger partial charge in [0.15, 0.2) is 0 Å². The second kappa shape index (κ2) is 4.96. The molecule has 16 heavy (non-hydrogen) atoms. The lowest BCUT2D eigenvalue weighted by Crippen LogP contribution is -2.33. The van der Waals surface area contributed by atoms with E-state index in [-0.39, 0.29) is 0 Å². The number of hydrogen-bond donors (Lipinski definition) is 0. The molecule has 1 fully saturated rings. The molecule has 0 bridgehead atoms. The van der Waals surface area contributed by atoms with Crippen LogP contribution < -0.4 is 4.90 Å². The Morgan fingerprint density at radius 2 is 2.44 bits per heavy atom. The van der Waals surface area contributed by atoms with Gasteiger partial charge in [0.05, 0.1) is 11.9 Å². The van der Waals surface area contributed by atoms with Crippen LogP contribution in [0.3, 0.4) is 0 Å². The van der Waals surface area contributed by atoms with E-state index in [1.165, 1.54) is 0 Å². The van der Waals surface area contributed by atoms with Crippen LogP contribution >= 0.6 is 0 Å². The minimum Gasteiger partial charge on any atom is -0.372 e. The molecule has 4 nitrogen and oxygen atoms in total. The molecular weight excluding hydrogens is 202 g/mol. The van der Waals surface area contributed by atoms with Crippen molar-refractivity contribution in [3.05, 3.63) is 24.5 Å². The summed E-state index contributed by atoms with van der Waals surface area (Å²) in [5, 5.41) is 0. The predicted octanol–water partition coefficient (Wildman–Crippen LogP) is 1.14. The van der Waals surface area contributed by atoms with Crippen LogP contribution in [0.15, 0.2) is 24.5 Å². The van der Waals surface area contributed by atoms with Crippen LogP contribution in [0.25, 0.3) is 0 Å². The van der Waals surface area contributed by atoms with Gasteiger partial charge >= 0.3 is 0 Å². The number of hydrogen-bond acceptors (Lipinski definition) is 3. The molecule has 0 radical (unpaired) electrons. The van der Waals surface area contributed by atoms with E-state index in [2.05, 4.69) is 9.88 Å². The molecule has 4 heteroatoms. The van der Waals surface area contributed by atoms with Gasteiger partial charge in [-0.25, -0.2) is 0 Å². The molecule has 1 saturated heterocycles. The fraction of sp³-hybridized carbons (Fsp3) is 0.500. The Morgan fingerprint density at radius 1 is 1.56 bits per heavy atom. The molecule has 0 atom stereocenters. The van der Waals surface area contributed by atoms with Crippen molar-refractivity contribution in [3.8, 4) is 0 Å². The molecule has 1 aliphatic heterocycles. The average Bonchev–Trinajstić information content (AvgIpc) is 2.73. The second-order valence-corrected chi connectivity index (χ2v) is 4.12. The average molecular weight is 219 g/mol. The summed E-state index contributed by atoms with van der Waals surface area (Å²) < 4.78 is 0. The summed E-state index contributed by atoms with van der Waals surface area (Å²) in [7, 11) is 2.03. The lowest BCUT2D eigenvalue weighted by Gasteiger charge is -2.22. The summed E-state index contributed by atoms with van der Waals surface area (Å²) in [4.78, 5) is 19.6. The highest BCUT2D eigenvalue weighted by molar-refractivity contribution is 5.78. The normalized spacial score (nSPS) is 15.6. The number of amides is 1. The van der Waals surface area contributed by atoms with Crippen LogP contribution in [0.5, 0.6) is 0 Å². The van der Waals surface area contributed by atoms with Gasteiger partial charge in [-0.1, -0.05) is 0 Å². The van der Waals surface area contributed by atoms with Crippen molar-refractivity contribution in [2.24, 2.45) is 0 Å². The number of pyridine rings is 1. The van der Waals surface area contributed by atoms with Gasteiger partial charge in [0.2, 0.25) is 5.91 Å². The van der Waals surface area contributed by atoms with E-state index in [9.17, 15) is 4.79 Å². The smallest absolute Gasteiger partial charge is 0.222 e. The maximum absolute atomic E-state index is 11.4. The van der Waals surface area contributed by atoms with Crippen molar-refractivity contribution in [3.63, 3.8) is 0 Å². The summed E-state index contributed by atoms with van der Waals surface area (Å²) in [5.74, 6) is 0.291. The third-order valence-corrected chi connectivity index (χ3v) is 2.96. The maximum atomic E-state index is 11.4. The Balaban J connectivity index is 1.84. The molecule has 86 valence electrons. The number of rotatable bonds is 4. The zero-order valence-electron chi connectivity index (χ0n) is 9.59. The van der Waals surface area contributed by atoms with Gasteiger partial charge in [0, 0.05) is 39.3 Å². The van der Waals surface area contributed by atoms with Gasteiger partial charge in [-0.05, 0) is 18.6 Å². The number of carbonyl (C=O) groups excluding carboxylic acids is 1. The van der Waals surface area contributed by atoms with Crippen LogP contribution in [0, 0.1) is 0 Å². The first-order chi connectivity index (χ1) is 7.77. The minimum absolute atomic E-state index is 0.291. The number of carbonyl (C=O) groups is 1. The number of anilines is 1. The highest BCUT2D eigenvalue weighted by Gasteiger charge is 2.19. The van der Waals surface area contributed by atoms with Crippen LogP contribution in [0.2, 0.25) is 0 Å². The van der Waals surface area contributed by atoms with Gasteiger partial charge in [-0.15, -0.1) is 0 Å². The van der Waals surface area contributed by atoms with E-state index in [1.807, 2.05) is 30.3 Å². The number of likely N-dealkylation sites (N-methyl/N-ethyl adjacent to an activating group) is 1. The molecule has 1 aromatic rings. The van der Waals surface area contributed by atoms with Crippen LogP contribution in [-0.2, 0) is 4.79 Å². The van der Waals surface area contributed by atoms with E-state index in [1.54, 1.807) is 6.20 Å². The van der Waals surface area contributed by atoms with Crippen LogP contribution in [-0.4, -0.2) is 42.5 Å². The van der Waals surface area contributed by atoms with Gasteiger partial charge in [-0.2, -0.15) is 0 Å². The molecule has 0 aliphatic carbocycles. The fourth-order valence-corrected chi connectivity index (χ4v) is 1.92. The number of aromatic nitrogens is 1. The first-order valence-corrected chi connectivity index (χ1v) is 5.66. The lowest BCUT2D eigenvalue weighted by atomic mass is 10.3. The van der Waals surface area contributed by atoms with Crippen LogP contribution in [0.4, 0.5) is 5.69 Å². The van der Waals surface area contributed by atoms with Crippen molar-refractivity contribution < 1.29 is 4.79 Å². The van der Waals surface area contributed by atoms with E-state index < -0.39 is 0 Å². The molecule has 2 rings (SSSR count). The molecule has 1 amide bonds. The van der Waals surface area contributed by atoms with Crippen LogP contribution in [0.1, 0.15) is 12.8 Å². The van der Waals surface area contributed by atoms with Gasteiger partial charge in [0.1, 0.15) is 0 Å².